The van der Waals surface area contributed by atoms with Crippen LogP contribution in [-0.4, -0.2) is 59.1 Å². The standard InChI is InChI=1S/C15H26N4O3S2/c1-16-15(17-8-11-22-2)18-12-13-6-7-14(23-13)24(20,21)19-9-4-3-5-10-19/h6-7H,3-5,8-12H2,1-2H3,(H2,16,17,18). The summed E-state index contributed by atoms with van der Waals surface area (Å²) in [7, 11) is 0.00266. The second kappa shape index (κ2) is 9.36. The van der Waals surface area contributed by atoms with Gasteiger partial charge in [-0.15, -0.1) is 11.3 Å². The molecule has 0 saturated carbocycles. The number of guanidine groups is 1. The zero-order chi connectivity index (χ0) is 17.4. The van der Waals surface area contributed by atoms with E-state index in [1.54, 1.807) is 24.5 Å². The van der Waals surface area contributed by atoms with Crippen LogP contribution in [0.1, 0.15) is 24.1 Å². The summed E-state index contributed by atoms with van der Waals surface area (Å²) in [6.45, 7) is 3.05. The number of ether oxygens (including phenoxy) is 1. The molecule has 1 fully saturated rings. The molecule has 2 rings (SSSR count). The monoisotopic (exact) mass is 374 g/mol. The van der Waals surface area contributed by atoms with E-state index in [-0.39, 0.29) is 0 Å². The third-order valence-electron chi connectivity index (χ3n) is 3.80. The van der Waals surface area contributed by atoms with Gasteiger partial charge in [-0.2, -0.15) is 4.31 Å². The molecule has 0 radical (unpaired) electrons. The highest BCUT2D eigenvalue weighted by atomic mass is 32.2. The van der Waals surface area contributed by atoms with Gasteiger partial charge in [0.1, 0.15) is 4.21 Å². The third kappa shape index (κ3) is 5.17. The van der Waals surface area contributed by atoms with Crippen molar-refractivity contribution in [3.05, 3.63) is 17.0 Å². The minimum Gasteiger partial charge on any atom is -0.383 e. The fourth-order valence-corrected chi connectivity index (χ4v) is 5.45. The first-order valence-electron chi connectivity index (χ1n) is 8.10. The average molecular weight is 375 g/mol. The first-order chi connectivity index (χ1) is 11.6. The number of hydrogen-bond acceptors (Lipinski definition) is 5. The van der Waals surface area contributed by atoms with Gasteiger partial charge in [0.05, 0.1) is 13.2 Å². The molecule has 7 nitrogen and oxygen atoms in total. The van der Waals surface area contributed by atoms with E-state index in [0.717, 1.165) is 24.1 Å². The first kappa shape index (κ1) is 19.2. The molecule has 1 aliphatic rings. The SMILES string of the molecule is CN=C(NCCOC)NCc1ccc(S(=O)(=O)N2CCCCC2)s1. The summed E-state index contributed by atoms with van der Waals surface area (Å²) in [5, 5.41) is 6.30. The number of nitrogens with one attached hydrogen (secondary N) is 2. The smallest absolute Gasteiger partial charge is 0.252 e. The molecule has 1 saturated heterocycles. The highest BCUT2D eigenvalue weighted by Crippen LogP contribution is 2.26. The molecular weight excluding hydrogens is 348 g/mol. The van der Waals surface area contributed by atoms with Crippen molar-refractivity contribution >= 4 is 27.3 Å². The van der Waals surface area contributed by atoms with E-state index in [4.69, 9.17) is 4.74 Å². The van der Waals surface area contributed by atoms with Crippen LogP contribution < -0.4 is 10.6 Å². The normalized spacial score (nSPS) is 17.0. The van der Waals surface area contributed by atoms with Crippen LogP contribution in [0.3, 0.4) is 0 Å². The number of sulfonamides is 1. The van der Waals surface area contributed by atoms with Crippen LogP contribution in [0.15, 0.2) is 21.3 Å². The van der Waals surface area contributed by atoms with Gasteiger partial charge in [0.2, 0.25) is 0 Å². The molecule has 2 N–H and O–H groups in total. The largest absolute Gasteiger partial charge is 0.383 e. The van der Waals surface area contributed by atoms with Crippen molar-refractivity contribution in [2.24, 2.45) is 4.99 Å². The minimum absolute atomic E-state index is 0.420. The van der Waals surface area contributed by atoms with Crippen molar-refractivity contribution in [1.29, 1.82) is 0 Å². The molecule has 2 heterocycles. The van der Waals surface area contributed by atoms with Crippen molar-refractivity contribution < 1.29 is 13.2 Å². The lowest BCUT2D eigenvalue weighted by Gasteiger charge is -2.25. The van der Waals surface area contributed by atoms with Crippen LogP contribution in [0, 0.1) is 0 Å². The van der Waals surface area contributed by atoms with Crippen molar-refractivity contribution in [3.8, 4) is 0 Å². The molecule has 0 aromatic carbocycles. The van der Waals surface area contributed by atoms with E-state index in [1.807, 2.05) is 6.07 Å². The summed E-state index contributed by atoms with van der Waals surface area (Å²) in [5.74, 6) is 0.667. The Kier molecular flexibility index (Phi) is 7.47. The van der Waals surface area contributed by atoms with Crippen molar-refractivity contribution in [3.63, 3.8) is 0 Å². The molecule has 0 spiro atoms. The summed E-state index contributed by atoms with van der Waals surface area (Å²) >= 11 is 1.31. The zero-order valence-electron chi connectivity index (χ0n) is 14.2. The summed E-state index contributed by atoms with van der Waals surface area (Å²) in [4.78, 5) is 5.08. The van der Waals surface area contributed by atoms with Crippen molar-refractivity contribution in [1.82, 2.24) is 14.9 Å². The lowest BCUT2D eigenvalue weighted by molar-refractivity contribution is 0.203. The van der Waals surface area contributed by atoms with Gasteiger partial charge < -0.3 is 15.4 Å². The average Bonchev–Trinajstić information content (AvgIpc) is 3.08. The Balaban J connectivity index is 1.92. The number of aliphatic imine (C=N–C) groups is 1. The fraction of sp³-hybridized carbons (Fsp3) is 0.667. The van der Waals surface area contributed by atoms with Gasteiger partial charge in [-0.05, 0) is 25.0 Å². The summed E-state index contributed by atoms with van der Waals surface area (Å²) in [5.41, 5.74) is 0. The Morgan fingerprint density at radius 3 is 2.71 bits per heavy atom. The maximum absolute atomic E-state index is 12.6. The van der Waals surface area contributed by atoms with Gasteiger partial charge in [0.15, 0.2) is 5.96 Å². The number of nitrogens with zero attached hydrogens (tertiary/aromatic N) is 2. The molecular formula is C15H26N4O3S2. The lowest BCUT2D eigenvalue weighted by atomic mass is 10.2. The quantitative estimate of drug-likeness (QED) is 0.426. The van der Waals surface area contributed by atoms with Crippen molar-refractivity contribution in [2.75, 3.05) is 40.4 Å². The highest BCUT2D eigenvalue weighted by Gasteiger charge is 2.27. The summed E-state index contributed by atoms with van der Waals surface area (Å²) in [6, 6.07) is 3.56. The van der Waals surface area contributed by atoms with Crippen LogP contribution in [0.5, 0.6) is 0 Å². The number of methoxy groups -OCH3 is 1. The van der Waals surface area contributed by atoms with E-state index in [0.29, 0.717) is 43.0 Å². The molecule has 1 aromatic rings. The van der Waals surface area contributed by atoms with E-state index >= 15 is 0 Å². The molecule has 0 unspecified atom stereocenters. The van der Waals surface area contributed by atoms with Crippen LogP contribution >= 0.6 is 11.3 Å². The third-order valence-corrected chi connectivity index (χ3v) is 7.25. The van der Waals surface area contributed by atoms with E-state index in [2.05, 4.69) is 15.6 Å². The van der Waals surface area contributed by atoms with Gasteiger partial charge in [-0.25, -0.2) is 8.42 Å². The van der Waals surface area contributed by atoms with Gasteiger partial charge in [0.25, 0.3) is 10.0 Å². The molecule has 9 heteroatoms. The Hall–Kier alpha value is -1.16. The Labute approximate surface area is 148 Å². The van der Waals surface area contributed by atoms with E-state index in [1.165, 1.54) is 11.3 Å². The second-order valence-corrected chi connectivity index (χ2v) is 8.86. The maximum Gasteiger partial charge on any atom is 0.252 e. The van der Waals surface area contributed by atoms with Crippen LogP contribution in [0.2, 0.25) is 0 Å². The molecule has 0 atom stereocenters. The minimum atomic E-state index is -3.34. The summed E-state index contributed by atoms with van der Waals surface area (Å²) < 4.78 is 32.3. The summed E-state index contributed by atoms with van der Waals surface area (Å²) in [6.07, 6.45) is 3.01. The predicted molar refractivity (Wildman–Crippen MR) is 97.0 cm³/mol. The number of piperidine rings is 1. The van der Waals surface area contributed by atoms with E-state index < -0.39 is 10.0 Å². The van der Waals surface area contributed by atoms with Gasteiger partial charge in [-0.3, -0.25) is 4.99 Å². The van der Waals surface area contributed by atoms with Crippen LogP contribution in [0.25, 0.3) is 0 Å². The molecule has 1 aliphatic heterocycles. The Morgan fingerprint density at radius 2 is 2.04 bits per heavy atom. The second-order valence-electron chi connectivity index (χ2n) is 5.53. The lowest BCUT2D eigenvalue weighted by Crippen LogP contribution is -2.38. The topological polar surface area (TPSA) is 83.0 Å². The fourth-order valence-electron chi connectivity index (χ4n) is 2.49. The molecule has 0 aliphatic carbocycles. The van der Waals surface area contributed by atoms with Crippen molar-refractivity contribution in [2.45, 2.75) is 30.0 Å². The van der Waals surface area contributed by atoms with Gasteiger partial charge in [-0.1, -0.05) is 6.42 Å². The molecule has 0 amide bonds. The zero-order valence-corrected chi connectivity index (χ0v) is 15.9. The number of hydrogen-bond donors (Lipinski definition) is 2. The Morgan fingerprint density at radius 1 is 1.29 bits per heavy atom. The molecule has 136 valence electrons. The number of thiophene rings is 1. The van der Waals surface area contributed by atoms with E-state index in [9.17, 15) is 8.42 Å². The van der Waals surface area contributed by atoms with Crippen LogP contribution in [0.4, 0.5) is 0 Å². The van der Waals surface area contributed by atoms with Gasteiger partial charge >= 0.3 is 0 Å². The molecule has 24 heavy (non-hydrogen) atoms. The first-order valence-corrected chi connectivity index (χ1v) is 10.4. The molecule has 1 aromatic heterocycles. The molecule has 0 bridgehead atoms. The number of rotatable bonds is 7. The van der Waals surface area contributed by atoms with Gasteiger partial charge in [0, 0.05) is 38.7 Å². The predicted octanol–water partition coefficient (Wildman–Crippen LogP) is 1.23. The highest BCUT2D eigenvalue weighted by molar-refractivity contribution is 7.91. The maximum atomic E-state index is 12.6. The van der Waals surface area contributed by atoms with Crippen LogP contribution in [-0.2, 0) is 21.3 Å². The Bertz CT molecular complexity index is 637.